The second-order valence-corrected chi connectivity index (χ2v) is 14.4. The standard InChI is InChI=1S/C42H54N4O6/c1-30-12-7-8-15-36(30)46(42(50)52-39-29-45-23-20-32(39)21-24-45)28-31-13-11-14-33(26-31)51-25-10-6-4-2-3-5-9-22-43-27-38(48)34-16-18-37(47)41-35(34)17-19-40(49)44-41/h7-8,11-19,26,32,38-39,43,47-48H,2-6,9-10,20-25,27-29H2,1H3,(H,44,49)/t38-,39-/m0/s1. The molecule has 2 bridgehead atoms. The van der Waals surface area contributed by atoms with E-state index in [1.807, 2.05) is 55.5 Å². The predicted octanol–water partition coefficient (Wildman–Crippen LogP) is 7.21. The van der Waals surface area contributed by atoms with E-state index in [4.69, 9.17) is 9.47 Å². The lowest BCUT2D eigenvalue weighted by molar-refractivity contribution is -0.0311. The number of phenols is 1. The topological polar surface area (TPSA) is 127 Å². The highest BCUT2D eigenvalue weighted by atomic mass is 16.6. The maximum Gasteiger partial charge on any atom is 0.414 e. The first-order chi connectivity index (χ1) is 25.4. The molecule has 52 heavy (non-hydrogen) atoms. The van der Waals surface area contributed by atoms with Crippen LogP contribution in [0.25, 0.3) is 10.9 Å². The van der Waals surface area contributed by atoms with Gasteiger partial charge in [0.15, 0.2) is 0 Å². The Morgan fingerprint density at radius 2 is 1.73 bits per heavy atom. The Kier molecular flexibility index (Phi) is 13.2. The fraction of sp³-hybridized carbons (Fsp3) is 0.476. The van der Waals surface area contributed by atoms with E-state index in [9.17, 15) is 19.8 Å². The Morgan fingerprint density at radius 3 is 2.50 bits per heavy atom. The van der Waals surface area contributed by atoms with Gasteiger partial charge in [0.1, 0.15) is 17.6 Å². The van der Waals surface area contributed by atoms with Crippen molar-refractivity contribution in [2.75, 3.05) is 44.2 Å². The van der Waals surface area contributed by atoms with Gasteiger partial charge < -0.3 is 30.0 Å². The van der Waals surface area contributed by atoms with Crippen molar-refractivity contribution in [3.05, 3.63) is 99.8 Å². The number of anilines is 1. The number of aliphatic hydroxyl groups excluding tert-OH is 1. The number of piperidine rings is 3. The number of aromatic amines is 1. The molecular formula is C42H54N4O6. The molecule has 0 radical (unpaired) electrons. The van der Waals surface area contributed by atoms with Gasteiger partial charge in [-0.1, -0.05) is 68.5 Å². The van der Waals surface area contributed by atoms with Crippen molar-refractivity contribution >= 4 is 22.7 Å². The van der Waals surface area contributed by atoms with E-state index < -0.39 is 6.10 Å². The number of pyridine rings is 1. The minimum Gasteiger partial charge on any atom is -0.506 e. The number of nitrogens with zero attached hydrogens (tertiary/aromatic N) is 2. The molecule has 4 aromatic rings. The zero-order valence-electron chi connectivity index (χ0n) is 30.4. The fourth-order valence-corrected chi connectivity index (χ4v) is 7.59. The van der Waals surface area contributed by atoms with Gasteiger partial charge in [0.25, 0.3) is 0 Å². The molecule has 3 aliphatic rings. The van der Waals surface area contributed by atoms with E-state index >= 15 is 0 Å². The summed E-state index contributed by atoms with van der Waals surface area (Å²) in [5.74, 6) is 1.26. The lowest BCUT2D eigenvalue weighted by Gasteiger charge is -2.44. The van der Waals surface area contributed by atoms with E-state index in [-0.39, 0.29) is 23.5 Å². The Hall–Kier alpha value is -4.38. The first-order valence-corrected chi connectivity index (χ1v) is 19.1. The van der Waals surface area contributed by atoms with Crippen molar-refractivity contribution in [3.8, 4) is 11.5 Å². The van der Waals surface area contributed by atoms with Crippen LogP contribution >= 0.6 is 0 Å². The van der Waals surface area contributed by atoms with Crippen molar-refractivity contribution in [2.45, 2.75) is 83.5 Å². The number of unbranched alkanes of at least 4 members (excludes halogenated alkanes) is 6. The summed E-state index contributed by atoms with van der Waals surface area (Å²) in [7, 11) is 0. The molecule has 3 fully saturated rings. The highest BCUT2D eigenvalue weighted by Gasteiger charge is 2.37. The fourth-order valence-electron chi connectivity index (χ4n) is 7.59. The largest absolute Gasteiger partial charge is 0.506 e. The minimum absolute atomic E-state index is 0.00796. The normalized spacial score (nSPS) is 18.7. The maximum absolute atomic E-state index is 13.7. The third kappa shape index (κ3) is 9.93. The molecule has 1 aromatic heterocycles. The highest BCUT2D eigenvalue weighted by Crippen LogP contribution is 2.32. The first-order valence-electron chi connectivity index (χ1n) is 19.1. The van der Waals surface area contributed by atoms with Crippen LogP contribution in [-0.2, 0) is 11.3 Å². The number of H-pyrrole nitrogens is 1. The molecule has 0 spiro atoms. The van der Waals surface area contributed by atoms with Crippen LogP contribution in [0.5, 0.6) is 11.5 Å². The number of hydrogen-bond donors (Lipinski definition) is 4. The maximum atomic E-state index is 13.7. The van der Waals surface area contributed by atoms with Crippen LogP contribution in [0.1, 0.15) is 80.6 Å². The van der Waals surface area contributed by atoms with Crippen molar-refractivity contribution in [2.24, 2.45) is 5.92 Å². The number of aryl methyl sites for hydroxylation is 1. The minimum atomic E-state index is -0.740. The summed E-state index contributed by atoms with van der Waals surface area (Å²) in [4.78, 5) is 32.1. The summed E-state index contributed by atoms with van der Waals surface area (Å²) in [6, 6.07) is 22.3. The second-order valence-electron chi connectivity index (χ2n) is 14.4. The molecule has 0 saturated carbocycles. The summed E-state index contributed by atoms with van der Waals surface area (Å²) < 4.78 is 12.3. The van der Waals surface area contributed by atoms with E-state index in [0.717, 1.165) is 87.3 Å². The average molecular weight is 711 g/mol. The Balaban J connectivity index is 0.865. The number of fused-ring (bicyclic) bond motifs is 4. The number of benzene rings is 3. The van der Waals surface area contributed by atoms with Gasteiger partial charge in [-0.15, -0.1) is 0 Å². The van der Waals surface area contributed by atoms with Gasteiger partial charge in [-0.2, -0.15) is 0 Å². The Morgan fingerprint density at radius 1 is 0.962 bits per heavy atom. The van der Waals surface area contributed by atoms with Crippen molar-refractivity contribution in [1.29, 1.82) is 0 Å². The number of aliphatic hydroxyl groups is 1. The lowest BCUT2D eigenvalue weighted by atomic mass is 9.86. The molecule has 1 amide bonds. The predicted molar refractivity (Wildman–Crippen MR) is 205 cm³/mol. The van der Waals surface area contributed by atoms with Gasteiger partial charge in [-0.25, -0.2) is 4.79 Å². The van der Waals surface area contributed by atoms with Crippen LogP contribution in [0.2, 0.25) is 0 Å². The Bertz CT molecular complexity index is 1820. The van der Waals surface area contributed by atoms with Crippen molar-refractivity contribution < 1.29 is 24.5 Å². The molecule has 10 heteroatoms. The van der Waals surface area contributed by atoms with Crippen LogP contribution in [0, 0.1) is 12.8 Å². The van der Waals surface area contributed by atoms with Crippen LogP contribution in [0.3, 0.4) is 0 Å². The number of hydrogen-bond acceptors (Lipinski definition) is 8. The summed E-state index contributed by atoms with van der Waals surface area (Å²) >= 11 is 0. The number of amides is 1. The summed E-state index contributed by atoms with van der Waals surface area (Å²) in [5, 5.41) is 24.8. The number of aromatic hydroxyl groups is 1. The van der Waals surface area contributed by atoms with Crippen LogP contribution in [0.15, 0.2) is 77.6 Å². The zero-order valence-corrected chi connectivity index (χ0v) is 30.4. The van der Waals surface area contributed by atoms with Crippen LogP contribution in [0.4, 0.5) is 10.5 Å². The molecule has 0 aliphatic carbocycles. The van der Waals surface area contributed by atoms with E-state index in [2.05, 4.69) is 15.2 Å². The molecule has 2 atom stereocenters. The van der Waals surface area contributed by atoms with Gasteiger partial charge in [-0.05, 0) is 105 Å². The summed E-state index contributed by atoms with van der Waals surface area (Å²) in [5.41, 5.74) is 3.64. The van der Waals surface area contributed by atoms with Gasteiger partial charge in [0.05, 0.1) is 30.5 Å². The van der Waals surface area contributed by atoms with Crippen molar-refractivity contribution in [3.63, 3.8) is 0 Å². The number of nitrogens with one attached hydrogen (secondary N) is 2. The molecule has 4 N–H and O–H groups in total. The summed E-state index contributed by atoms with van der Waals surface area (Å²) in [6.45, 7) is 7.37. The molecule has 278 valence electrons. The number of ether oxygens (including phenoxy) is 2. The van der Waals surface area contributed by atoms with E-state index in [0.29, 0.717) is 42.1 Å². The molecule has 0 unspecified atom stereocenters. The van der Waals surface area contributed by atoms with Gasteiger partial charge in [0, 0.05) is 24.5 Å². The third-order valence-electron chi connectivity index (χ3n) is 10.6. The molecular weight excluding hydrogens is 656 g/mol. The zero-order chi connectivity index (χ0) is 36.3. The third-order valence-corrected chi connectivity index (χ3v) is 10.6. The van der Waals surface area contributed by atoms with E-state index in [1.165, 1.54) is 31.4 Å². The number of carbonyl (C=O) groups excluding carboxylic acids is 1. The highest BCUT2D eigenvalue weighted by molar-refractivity contribution is 5.89. The molecule has 4 heterocycles. The molecule has 10 nitrogen and oxygen atoms in total. The molecule has 3 aliphatic heterocycles. The average Bonchev–Trinajstić information content (AvgIpc) is 3.15. The lowest BCUT2D eigenvalue weighted by Crippen LogP contribution is -2.53. The molecule has 3 aromatic carbocycles. The smallest absolute Gasteiger partial charge is 0.414 e. The number of rotatable bonds is 18. The van der Waals surface area contributed by atoms with E-state index in [1.54, 1.807) is 17.0 Å². The van der Waals surface area contributed by atoms with Gasteiger partial charge >= 0.3 is 6.09 Å². The Labute approximate surface area is 306 Å². The van der Waals surface area contributed by atoms with Crippen molar-refractivity contribution in [1.82, 2.24) is 15.2 Å². The quantitative estimate of drug-likeness (QED) is 0.0799. The number of carbonyl (C=O) groups is 1. The molecule has 3 saturated heterocycles. The number of phenolic OH excluding ortho intramolecular Hbond substituents is 1. The number of para-hydroxylation sites is 1. The SMILES string of the molecule is Cc1ccccc1N(Cc1cccc(OCCCCCCCCCNC[C@H](O)c2ccc(O)c3[nH]c(=O)ccc23)c1)C(=O)O[C@H]1CN2CCC1CC2. The van der Waals surface area contributed by atoms with Gasteiger partial charge in [-0.3, -0.25) is 14.6 Å². The monoisotopic (exact) mass is 710 g/mol. The number of aromatic nitrogens is 1. The van der Waals surface area contributed by atoms with Gasteiger partial charge in [0.2, 0.25) is 5.56 Å². The summed E-state index contributed by atoms with van der Waals surface area (Å²) in [6.07, 6.45) is 8.91. The van der Waals surface area contributed by atoms with Crippen LogP contribution in [-0.4, -0.2) is 71.6 Å². The first kappa shape index (κ1) is 37.4. The van der Waals surface area contributed by atoms with Crippen LogP contribution < -0.4 is 20.5 Å². The second kappa shape index (κ2) is 18.4. The molecule has 7 rings (SSSR count).